The van der Waals surface area contributed by atoms with Crippen molar-refractivity contribution < 1.29 is 19.1 Å². The molecule has 1 aromatic heterocycles. The van der Waals surface area contributed by atoms with E-state index < -0.39 is 17.5 Å². The molecule has 1 atom stereocenters. The van der Waals surface area contributed by atoms with Crippen molar-refractivity contribution in [3.63, 3.8) is 0 Å². The maximum atomic E-state index is 13.3. The van der Waals surface area contributed by atoms with E-state index >= 15 is 0 Å². The third kappa shape index (κ3) is 3.09. The molecule has 7 nitrogen and oxygen atoms in total. The van der Waals surface area contributed by atoms with Gasteiger partial charge in [-0.1, -0.05) is 19.1 Å². The second-order valence-electron chi connectivity index (χ2n) is 8.12. The molecule has 2 aliphatic rings. The predicted molar refractivity (Wildman–Crippen MR) is 112 cm³/mol. The van der Waals surface area contributed by atoms with Gasteiger partial charge in [-0.15, -0.1) is 0 Å². The van der Waals surface area contributed by atoms with Crippen LogP contribution in [0.2, 0.25) is 0 Å². The zero-order valence-electron chi connectivity index (χ0n) is 17.8. The number of carbonyl (C=O) groups is 3. The number of aromatic nitrogens is 1. The fourth-order valence-corrected chi connectivity index (χ4v) is 4.47. The number of nitrogens with one attached hydrogen (secondary N) is 1. The first kappa shape index (κ1) is 20.2. The maximum Gasteiger partial charge on any atom is 0.325 e. The minimum atomic E-state index is -1.17. The maximum absolute atomic E-state index is 13.3. The number of benzene rings is 1. The number of rotatable bonds is 7. The monoisotopic (exact) mass is 409 g/mol. The average molecular weight is 409 g/mol. The highest BCUT2D eigenvalue weighted by atomic mass is 16.5. The molecular weight excluding hydrogens is 382 g/mol. The van der Waals surface area contributed by atoms with Gasteiger partial charge in [0.2, 0.25) is 0 Å². The number of nitrogens with zero attached hydrogens (tertiary/aromatic N) is 2. The van der Waals surface area contributed by atoms with Crippen molar-refractivity contribution in [1.29, 1.82) is 0 Å². The summed E-state index contributed by atoms with van der Waals surface area (Å²) in [5.74, 6) is 0.0458. The topological polar surface area (TPSA) is 80.6 Å². The summed E-state index contributed by atoms with van der Waals surface area (Å²) < 4.78 is 7.37. The standard InChI is InChI=1S/C23H27N3O4/c1-5-23(16-6-10-18(30-4)11-7-16)21(28)25(22(29)24-23)13-20(27)19-12-14(2)26(15(19)3)17-8-9-17/h6-7,10-12,17H,5,8-9,13H2,1-4H3,(H,24,29). The number of ketones is 1. The van der Waals surface area contributed by atoms with E-state index in [0.29, 0.717) is 29.3 Å². The number of hydrogen-bond acceptors (Lipinski definition) is 4. The molecule has 30 heavy (non-hydrogen) atoms. The van der Waals surface area contributed by atoms with Crippen LogP contribution in [0.15, 0.2) is 30.3 Å². The lowest BCUT2D eigenvalue weighted by Crippen LogP contribution is -2.43. The van der Waals surface area contributed by atoms with Crippen molar-refractivity contribution in [2.75, 3.05) is 13.7 Å². The van der Waals surface area contributed by atoms with Crippen molar-refractivity contribution in [1.82, 2.24) is 14.8 Å². The van der Waals surface area contributed by atoms with Crippen molar-refractivity contribution in [2.24, 2.45) is 0 Å². The molecule has 158 valence electrons. The molecule has 2 aromatic rings. The van der Waals surface area contributed by atoms with E-state index in [-0.39, 0.29) is 12.3 Å². The number of Topliss-reactive ketones (excluding diaryl/α,β-unsaturated/α-hetero) is 1. The summed E-state index contributed by atoms with van der Waals surface area (Å²) >= 11 is 0. The summed E-state index contributed by atoms with van der Waals surface area (Å²) in [5, 5.41) is 2.83. The largest absolute Gasteiger partial charge is 0.497 e. The van der Waals surface area contributed by atoms with Crippen molar-refractivity contribution in [3.8, 4) is 5.75 Å². The minimum Gasteiger partial charge on any atom is -0.497 e. The van der Waals surface area contributed by atoms with E-state index in [0.717, 1.165) is 29.1 Å². The molecule has 1 aromatic carbocycles. The van der Waals surface area contributed by atoms with Gasteiger partial charge in [0, 0.05) is 23.0 Å². The molecule has 2 heterocycles. The van der Waals surface area contributed by atoms with Crippen LogP contribution in [-0.2, 0) is 10.3 Å². The lowest BCUT2D eigenvalue weighted by atomic mass is 9.87. The Morgan fingerprint density at radius 3 is 2.43 bits per heavy atom. The lowest BCUT2D eigenvalue weighted by Gasteiger charge is -2.26. The second-order valence-corrected chi connectivity index (χ2v) is 8.12. The van der Waals surface area contributed by atoms with E-state index in [1.165, 1.54) is 0 Å². The molecule has 1 unspecified atom stereocenters. The molecule has 7 heteroatoms. The molecule has 1 aliphatic carbocycles. The number of amides is 3. The minimum absolute atomic E-state index is 0.222. The van der Waals surface area contributed by atoms with Gasteiger partial charge in [0.15, 0.2) is 5.78 Å². The number of aryl methyl sites for hydroxylation is 1. The Kier molecular flexibility index (Phi) is 4.92. The van der Waals surface area contributed by atoms with Gasteiger partial charge < -0.3 is 14.6 Å². The van der Waals surface area contributed by atoms with Gasteiger partial charge in [0.1, 0.15) is 11.3 Å². The third-order valence-electron chi connectivity index (χ3n) is 6.29. The van der Waals surface area contributed by atoms with Crippen molar-refractivity contribution in [2.45, 2.75) is 51.6 Å². The zero-order valence-corrected chi connectivity index (χ0v) is 17.8. The van der Waals surface area contributed by atoms with Crippen LogP contribution in [0, 0.1) is 13.8 Å². The molecule has 4 rings (SSSR count). The fraction of sp³-hybridized carbons (Fsp3) is 0.435. The average Bonchev–Trinajstić information content (AvgIpc) is 3.49. The Morgan fingerprint density at radius 2 is 1.87 bits per heavy atom. The Labute approximate surface area is 176 Å². The molecule has 0 bridgehead atoms. The quantitative estimate of drug-likeness (QED) is 0.561. The highest BCUT2D eigenvalue weighted by molar-refractivity contribution is 6.11. The van der Waals surface area contributed by atoms with E-state index in [1.54, 1.807) is 31.4 Å². The number of urea groups is 1. The van der Waals surface area contributed by atoms with Gasteiger partial charge in [-0.05, 0) is 56.9 Å². The molecule has 1 N–H and O–H groups in total. The first-order chi connectivity index (χ1) is 14.3. The molecule has 0 radical (unpaired) electrons. The molecule has 1 saturated carbocycles. The van der Waals surface area contributed by atoms with Crippen molar-refractivity contribution in [3.05, 3.63) is 52.8 Å². The van der Waals surface area contributed by atoms with Gasteiger partial charge in [-0.25, -0.2) is 4.79 Å². The molecule has 0 spiro atoms. The van der Waals surface area contributed by atoms with Crippen LogP contribution >= 0.6 is 0 Å². The number of carbonyl (C=O) groups excluding carboxylic acids is 3. The number of methoxy groups -OCH3 is 1. The zero-order chi connectivity index (χ0) is 21.6. The van der Waals surface area contributed by atoms with Crippen LogP contribution in [-0.4, -0.2) is 40.8 Å². The van der Waals surface area contributed by atoms with Crippen LogP contribution in [0.25, 0.3) is 0 Å². The summed E-state index contributed by atoms with van der Waals surface area (Å²) in [7, 11) is 1.57. The number of ether oxygens (including phenoxy) is 1. The summed E-state index contributed by atoms with van der Waals surface area (Å²) in [5.41, 5.74) is 2.03. The van der Waals surface area contributed by atoms with Gasteiger partial charge in [-0.2, -0.15) is 0 Å². The summed E-state index contributed by atoms with van der Waals surface area (Å²) in [6.45, 7) is 5.49. The van der Waals surface area contributed by atoms with Gasteiger partial charge in [0.25, 0.3) is 5.91 Å². The van der Waals surface area contributed by atoms with Crippen LogP contribution in [0.3, 0.4) is 0 Å². The highest BCUT2D eigenvalue weighted by Crippen LogP contribution is 2.39. The summed E-state index contributed by atoms with van der Waals surface area (Å²) in [6.07, 6.45) is 2.63. The van der Waals surface area contributed by atoms with Crippen LogP contribution < -0.4 is 10.1 Å². The van der Waals surface area contributed by atoms with E-state index in [4.69, 9.17) is 4.74 Å². The van der Waals surface area contributed by atoms with E-state index in [9.17, 15) is 14.4 Å². The normalized spacial score (nSPS) is 21.1. The second kappa shape index (κ2) is 7.31. The van der Waals surface area contributed by atoms with Crippen LogP contribution in [0.5, 0.6) is 5.75 Å². The first-order valence-electron chi connectivity index (χ1n) is 10.3. The van der Waals surface area contributed by atoms with Gasteiger partial charge >= 0.3 is 6.03 Å². The smallest absolute Gasteiger partial charge is 0.325 e. The molecular formula is C23H27N3O4. The van der Waals surface area contributed by atoms with Crippen molar-refractivity contribution >= 4 is 17.7 Å². The molecule has 1 aliphatic heterocycles. The Hall–Kier alpha value is -3.09. The summed E-state index contributed by atoms with van der Waals surface area (Å²) in [4.78, 5) is 40.1. The predicted octanol–water partition coefficient (Wildman–Crippen LogP) is 3.49. The lowest BCUT2D eigenvalue weighted by molar-refractivity contribution is -0.131. The first-order valence-corrected chi connectivity index (χ1v) is 10.3. The molecule has 1 saturated heterocycles. The van der Waals surface area contributed by atoms with E-state index in [2.05, 4.69) is 9.88 Å². The Bertz CT molecular complexity index is 1020. The van der Waals surface area contributed by atoms with E-state index in [1.807, 2.05) is 26.8 Å². The van der Waals surface area contributed by atoms with Gasteiger partial charge in [0.05, 0.1) is 13.7 Å². The molecule has 2 fully saturated rings. The highest BCUT2D eigenvalue weighted by Gasteiger charge is 2.51. The third-order valence-corrected chi connectivity index (χ3v) is 6.29. The van der Waals surface area contributed by atoms with Gasteiger partial charge in [-0.3, -0.25) is 14.5 Å². The Morgan fingerprint density at radius 1 is 1.20 bits per heavy atom. The fourth-order valence-electron chi connectivity index (χ4n) is 4.47. The Balaban J connectivity index is 1.59. The number of hydrogen-bond donors (Lipinski definition) is 1. The van der Waals surface area contributed by atoms with Crippen LogP contribution in [0.4, 0.5) is 4.79 Å². The summed E-state index contributed by atoms with van der Waals surface area (Å²) in [6, 6.07) is 8.85. The SMILES string of the molecule is CCC1(c2ccc(OC)cc2)NC(=O)N(CC(=O)c2cc(C)n(C3CC3)c2C)C1=O. The van der Waals surface area contributed by atoms with Crippen LogP contribution in [0.1, 0.15) is 59.5 Å². The molecule has 3 amide bonds. The number of imide groups is 1.